The van der Waals surface area contributed by atoms with Crippen LogP contribution in [0.4, 0.5) is 0 Å². The van der Waals surface area contributed by atoms with Gasteiger partial charge in [-0.05, 0) is 93.3 Å². The number of hydrogen-bond donors (Lipinski definition) is 1. The van der Waals surface area contributed by atoms with Crippen LogP contribution in [0.15, 0.2) is 24.3 Å². The standard InChI is InChI=1S/C28H44O3/c1-18(2)19(3)7-8-20(4)22-9-10-23-25(22,5)13-12-24-26(6)14-11-21(29)17-27(26)15-16-28(23,24)31-30-27/h7-8,19-24,29H,1,9-17H2,2-6H3. The molecule has 6 aliphatic rings. The molecule has 3 nitrogen and oxygen atoms in total. The van der Waals surface area contributed by atoms with Crippen LogP contribution in [-0.4, -0.2) is 22.4 Å². The Morgan fingerprint density at radius 3 is 2.42 bits per heavy atom. The van der Waals surface area contributed by atoms with E-state index in [1.54, 1.807) is 0 Å². The van der Waals surface area contributed by atoms with Gasteiger partial charge in [0, 0.05) is 11.8 Å². The molecular weight excluding hydrogens is 384 g/mol. The fourth-order valence-corrected chi connectivity index (χ4v) is 9.25. The second-order valence-electron chi connectivity index (χ2n) is 12.6. The predicted molar refractivity (Wildman–Crippen MR) is 124 cm³/mol. The topological polar surface area (TPSA) is 38.7 Å². The maximum absolute atomic E-state index is 10.4. The Labute approximate surface area is 189 Å². The molecule has 2 heterocycles. The van der Waals surface area contributed by atoms with Gasteiger partial charge in [0.25, 0.3) is 0 Å². The molecule has 2 aliphatic heterocycles. The van der Waals surface area contributed by atoms with E-state index in [4.69, 9.17) is 9.78 Å². The van der Waals surface area contributed by atoms with Gasteiger partial charge < -0.3 is 5.11 Å². The van der Waals surface area contributed by atoms with Crippen molar-refractivity contribution in [1.82, 2.24) is 0 Å². The highest BCUT2D eigenvalue weighted by Gasteiger charge is 2.75. The van der Waals surface area contributed by atoms with Gasteiger partial charge in [0.05, 0.1) is 6.10 Å². The molecule has 0 aromatic carbocycles. The van der Waals surface area contributed by atoms with Crippen LogP contribution in [0.2, 0.25) is 0 Å². The van der Waals surface area contributed by atoms with Crippen molar-refractivity contribution in [2.45, 2.75) is 110 Å². The molecule has 0 radical (unpaired) electrons. The molecule has 10 atom stereocenters. The number of fused-ring (bicyclic) bond motifs is 3. The van der Waals surface area contributed by atoms with Gasteiger partial charge >= 0.3 is 0 Å². The SMILES string of the molecule is C=C(C)C(C)C=CC(C)C1CCC2C1(C)CCC1C23CCC2(CC(O)CCC12C)OO3. The summed E-state index contributed by atoms with van der Waals surface area (Å²) in [5.74, 6) is 2.89. The summed E-state index contributed by atoms with van der Waals surface area (Å²) < 4.78 is 0. The van der Waals surface area contributed by atoms with Gasteiger partial charge in [-0.2, -0.15) is 0 Å². The molecule has 0 amide bonds. The first-order valence-corrected chi connectivity index (χ1v) is 13.0. The van der Waals surface area contributed by atoms with Crippen molar-refractivity contribution >= 4 is 0 Å². The summed E-state index contributed by atoms with van der Waals surface area (Å²) in [6, 6.07) is 0. The van der Waals surface area contributed by atoms with Gasteiger partial charge in [-0.25, -0.2) is 9.78 Å². The lowest BCUT2D eigenvalue weighted by Crippen LogP contribution is -2.75. The summed E-state index contributed by atoms with van der Waals surface area (Å²) in [4.78, 5) is 12.9. The van der Waals surface area contributed by atoms with Crippen molar-refractivity contribution in [2.24, 2.45) is 40.4 Å². The zero-order valence-electron chi connectivity index (χ0n) is 20.5. The van der Waals surface area contributed by atoms with Crippen molar-refractivity contribution in [3.63, 3.8) is 0 Å². The number of hydrogen-bond acceptors (Lipinski definition) is 3. The van der Waals surface area contributed by atoms with Crippen LogP contribution in [0.3, 0.4) is 0 Å². The van der Waals surface area contributed by atoms with Crippen molar-refractivity contribution in [3.05, 3.63) is 24.3 Å². The predicted octanol–water partition coefficient (Wildman–Crippen LogP) is 6.62. The molecule has 2 bridgehead atoms. The zero-order valence-corrected chi connectivity index (χ0v) is 20.5. The summed E-state index contributed by atoms with van der Waals surface area (Å²) in [5, 5.41) is 10.4. The van der Waals surface area contributed by atoms with Gasteiger partial charge in [0.1, 0.15) is 11.2 Å². The van der Waals surface area contributed by atoms with E-state index in [0.29, 0.717) is 35.0 Å². The molecule has 31 heavy (non-hydrogen) atoms. The molecule has 2 spiro atoms. The van der Waals surface area contributed by atoms with Gasteiger partial charge in [0.15, 0.2) is 0 Å². The zero-order chi connectivity index (χ0) is 22.2. The summed E-state index contributed by atoms with van der Waals surface area (Å²) in [7, 11) is 0. The van der Waals surface area contributed by atoms with E-state index in [1.807, 2.05) is 0 Å². The highest BCUT2D eigenvalue weighted by atomic mass is 17.2. The Hall–Kier alpha value is -0.640. The van der Waals surface area contributed by atoms with Crippen LogP contribution < -0.4 is 0 Å². The molecular formula is C28H44O3. The van der Waals surface area contributed by atoms with Gasteiger partial charge in [-0.15, -0.1) is 0 Å². The molecule has 1 N–H and O–H groups in total. The quantitative estimate of drug-likeness (QED) is 0.404. The van der Waals surface area contributed by atoms with Gasteiger partial charge in [-0.1, -0.05) is 52.0 Å². The lowest BCUT2D eigenvalue weighted by molar-refractivity contribution is -0.536. The van der Waals surface area contributed by atoms with Gasteiger partial charge in [-0.3, -0.25) is 0 Å². The third-order valence-corrected chi connectivity index (χ3v) is 11.3. The highest BCUT2D eigenvalue weighted by molar-refractivity contribution is 5.23. The van der Waals surface area contributed by atoms with E-state index >= 15 is 0 Å². The number of aliphatic hydroxyl groups excluding tert-OH is 1. The second kappa shape index (κ2) is 7.18. The molecule has 174 valence electrons. The van der Waals surface area contributed by atoms with Crippen LogP contribution in [0.5, 0.6) is 0 Å². The maximum Gasteiger partial charge on any atom is 0.112 e. The summed E-state index contributed by atoms with van der Waals surface area (Å²) in [6.45, 7) is 16.0. The largest absolute Gasteiger partial charge is 0.393 e. The minimum absolute atomic E-state index is 0.116. The van der Waals surface area contributed by atoms with Crippen molar-refractivity contribution < 1.29 is 14.9 Å². The minimum Gasteiger partial charge on any atom is -0.393 e. The number of aliphatic hydroxyl groups is 1. The lowest BCUT2D eigenvalue weighted by Gasteiger charge is -2.72. The lowest BCUT2D eigenvalue weighted by atomic mass is 9.40. The second-order valence-corrected chi connectivity index (χ2v) is 12.6. The van der Waals surface area contributed by atoms with Crippen LogP contribution >= 0.6 is 0 Å². The molecule has 4 aliphatic carbocycles. The molecule has 6 fully saturated rings. The van der Waals surface area contributed by atoms with E-state index in [-0.39, 0.29) is 22.7 Å². The van der Waals surface area contributed by atoms with Crippen molar-refractivity contribution in [2.75, 3.05) is 0 Å². The summed E-state index contributed by atoms with van der Waals surface area (Å²) in [6.07, 6.45) is 14.6. The molecule has 0 aromatic rings. The third-order valence-electron chi connectivity index (χ3n) is 11.3. The Morgan fingerprint density at radius 1 is 0.968 bits per heavy atom. The summed E-state index contributed by atoms with van der Waals surface area (Å²) in [5.41, 5.74) is 1.32. The fourth-order valence-electron chi connectivity index (χ4n) is 9.25. The van der Waals surface area contributed by atoms with E-state index in [1.165, 1.54) is 31.3 Å². The third kappa shape index (κ3) is 2.88. The first-order chi connectivity index (χ1) is 14.6. The number of allylic oxidation sites excluding steroid dienone is 3. The molecule has 3 heteroatoms. The van der Waals surface area contributed by atoms with Gasteiger partial charge in [0.2, 0.25) is 0 Å². The average molecular weight is 429 g/mol. The summed E-state index contributed by atoms with van der Waals surface area (Å²) >= 11 is 0. The van der Waals surface area contributed by atoms with E-state index in [9.17, 15) is 5.11 Å². The van der Waals surface area contributed by atoms with Crippen LogP contribution in [0.25, 0.3) is 0 Å². The normalized spacial score (nSPS) is 53.0. The van der Waals surface area contributed by atoms with Crippen LogP contribution in [0.1, 0.15) is 92.4 Å². The Kier molecular flexibility index (Phi) is 5.13. The smallest absolute Gasteiger partial charge is 0.112 e. The van der Waals surface area contributed by atoms with Crippen LogP contribution in [-0.2, 0) is 9.78 Å². The van der Waals surface area contributed by atoms with Crippen LogP contribution in [0, 0.1) is 40.4 Å². The molecule has 10 unspecified atom stereocenters. The first-order valence-electron chi connectivity index (χ1n) is 13.0. The number of rotatable bonds is 4. The Balaban J connectivity index is 1.43. The Morgan fingerprint density at radius 2 is 1.74 bits per heavy atom. The molecule has 4 saturated carbocycles. The molecule has 2 saturated heterocycles. The van der Waals surface area contributed by atoms with E-state index in [0.717, 1.165) is 32.1 Å². The maximum atomic E-state index is 10.4. The average Bonchev–Trinajstić information content (AvgIpc) is 3.09. The molecule has 6 rings (SSSR count). The monoisotopic (exact) mass is 428 g/mol. The van der Waals surface area contributed by atoms with Crippen molar-refractivity contribution in [3.8, 4) is 0 Å². The highest BCUT2D eigenvalue weighted by Crippen LogP contribution is 2.74. The van der Waals surface area contributed by atoms with E-state index in [2.05, 4.69) is 53.3 Å². The Bertz CT molecular complexity index is 762. The first kappa shape index (κ1) is 22.2. The molecule has 0 aromatic heterocycles. The fraction of sp³-hybridized carbons (Fsp3) is 0.857. The van der Waals surface area contributed by atoms with E-state index < -0.39 is 0 Å². The van der Waals surface area contributed by atoms with Crippen molar-refractivity contribution in [1.29, 1.82) is 0 Å². The minimum atomic E-state index is -0.266.